The van der Waals surface area contributed by atoms with Gasteiger partial charge in [-0.15, -0.1) is 11.3 Å². The van der Waals surface area contributed by atoms with E-state index >= 15 is 0 Å². The lowest BCUT2D eigenvalue weighted by molar-refractivity contribution is -0.141. The van der Waals surface area contributed by atoms with Crippen molar-refractivity contribution in [1.29, 1.82) is 0 Å². The molecule has 0 N–H and O–H groups in total. The highest BCUT2D eigenvalue weighted by molar-refractivity contribution is 7.13. The van der Waals surface area contributed by atoms with E-state index in [1.807, 2.05) is 0 Å². The number of aromatic nitrogens is 1. The standard InChI is InChI=1S/C5HClF3NOS/c6-4(11)2-3(5(7,8)9)10-1-12-2/h1H. The van der Waals surface area contributed by atoms with Crippen LogP contribution in [0.3, 0.4) is 0 Å². The van der Waals surface area contributed by atoms with Gasteiger partial charge in [-0.05, 0) is 11.6 Å². The summed E-state index contributed by atoms with van der Waals surface area (Å²) in [7, 11) is 0. The van der Waals surface area contributed by atoms with E-state index in [1.165, 1.54) is 0 Å². The molecule has 0 aliphatic rings. The Kier molecular flexibility index (Phi) is 2.39. The molecule has 0 aliphatic carbocycles. The van der Waals surface area contributed by atoms with Gasteiger partial charge in [0.15, 0.2) is 5.69 Å². The molecular formula is C5HClF3NOS. The van der Waals surface area contributed by atoms with E-state index in [9.17, 15) is 18.0 Å². The molecule has 0 radical (unpaired) electrons. The lowest BCUT2D eigenvalue weighted by atomic mass is 10.4. The van der Waals surface area contributed by atoms with Gasteiger partial charge in [-0.25, -0.2) is 4.98 Å². The van der Waals surface area contributed by atoms with Crippen molar-refractivity contribution in [2.75, 3.05) is 0 Å². The first-order valence-electron chi connectivity index (χ1n) is 2.63. The van der Waals surface area contributed by atoms with Crippen LogP contribution >= 0.6 is 22.9 Å². The van der Waals surface area contributed by atoms with Crippen LogP contribution in [-0.2, 0) is 6.18 Å². The number of alkyl halides is 3. The van der Waals surface area contributed by atoms with Crippen molar-refractivity contribution in [2.24, 2.45) is 0 Å². The third-order valence-corrected chi connectivity index (χ3v) is 2.14. The molecule has 2 nitrogen and oxygen atoms in total. The van der Waals surface area contributed by atoms with Gasteiger partial charge in [0.1, 0.15) is 4.88 Å². The highest BCUT2D eigenvalue weighted by Crippen LogP contribution is 2.33. The topological polar surface area (TPSA) is 30.0 Å². The molecule has 0 bridgehead atoms. The second kappa shape index (κ2) is 3.02. The molecule has 12 heavy (non-hydrogen) atoms. The highest BCUT2D eigenvalue weighted by Gasteiger charge is 2.37. The highest BCUT2D eigenvalue weighted by atomic mass is 35.5. The number of carbonyl (C=O) groups excluding carboxylic acids is 1. The molecule has 1 heterocycles. The molecule has 0 saturated heterocycles. The summed E-state index contributed by atoms with van der Waals surface area (Å²) >= 11 is 5.46. The van der Waals surface area contributed by atoms with E-state index in [4.69, 9.17) is 11.6 Å². The molecule has 0 unspecified atom stereocenters. The Hall–Kier alpha value is -0.620. The molecule has 0 fully saturated rings. The average molecular weight is 216 g/mol. The van der Waals surface area contributed by atoms with Crippen molar-refractivity contribution in [3.63, 3.8) is 0 Å². The zero-order valence-electron chi connectivity index (χ0n) is 5.35. The Balaban J connectivity index is 3.17. The molecule has 0 spiro atoms. The second-order valence-corrected chi connectivity index (χ2v) is 3.00. The zero-order valence-corrected chi connectivity index (χ0v) is 6.93. The van der Waals surface area contributed by atoms with Gasteiger partial charge >= 0.3 is 6.18 Å². The third kappa shape index (κ3) is 1.75. The van der Waals surface area contributed by atoms with Crippen molar-refractivity contribution in [2.45, 2.75) is 6.18 Å². The second-order valence-electron chi connectivity index (χ2n) is 1.80. The van der Waals surface area contributed by atoms with E-state index in [-0.39, 0.29) is 0 Å². The molecular weight excluding hydrogens is 215 g/mol. The summed E-state index contributed by atoms with van der Waals surface area (Å²) in [6.07, 6.45) is -4.61. The Morgan fingerprint density at radius 1 is 1.58 bits per heavy atom. The lowest BCUT2D eigenvalue weighted by Gasteiger charge is -2.02. The van der Waals surface area contributed by atoms with Crippen molar-refractivity contribution < 1.29 is 18.0 Å². The van der Waals surface area contributed by atoms with E-state index in [1.54, 1.807) is 0 Å². The summed E-state index contributed by atoms with van der Waals surface area (Å²) in [6.45, 7) is 0. The van der Waals surface area contributed by atoms with E-state index in [0.717, 1.165) is 5.51 Å². The average Bonchev–Trinajstić information content (AvgIpc) is 2.30. The molecule has 0 atom stereocenters. The van der Waals surface area contributed by atoms with Gasteiger partial charge in [0, 0.05) is 0 Å². The Morgan fingerprint density at radius 3 is 2.50 bits per heavy atom. The van der Waals surface area contributed by atoms with Crippen LogP contribution in [0.5, 0.6) is 0 Å². The van der Waals surface area contributed by atoms with Crippen molar-refractivity contribution >= 4 is 28.2 Å². The first kappa shape index (κ1) is 9.47. The van der Waals surface area contributed by atoms with Gasteiger partial charge in [0.25, 0.3) is 5.24 Å². The van der Waals surface area contributed by atoms with Gasteiger partial charge in [-0.3, -0.25) is 4.79 Å². The Morgan fingerprint density at radius 2 is 2.17 bits per heavy atom. The lowest BCUT2D eigenvalue weighted by Crippen LogP contribution is -2.09. The summed E-state index contributed by atoms with van der Waals surface area (Å²) in [5.74, 6) is 0. The molecule has 0 amide bonds. The monoisotopic (exact) mass is 215 g/mol. The first-order valence-corrected chi connectivity index (χ1v) is 3.89. The van der Waals surface area contributed by atoms with E-state index in [2.05, 4.69) is 4.98 Å². The third-order valence-electron chi connectivity index (χ3n) is 1.01. The Bertz CT molecular complexity index is 308. The van der Waals surface area contributed by atoms with Gasteiger partial charge in [0.2, 0.25) is 0 Å². The fourth-order valence-corrected chi connectivity index (χ4v) is 1.45. The maximum Gasteiger partial charge on any atom is 0.434 e. The number of rotatable bonds is 1. The largest absolute Gasteiger partial charge is 0.434 e. The first-order chi connectivity index (χ1) is 5.43. The predicted octanol–water partition coefficient (Wildman–Crippen LogP) is 2.54. The Labute approximate surface area is 74.0 Å². The maximum atomic E-state index is 12.0. The SMILES string of the molecule is O=C(Cl)c1scnc1C(F)(F)F. The number of nitrogens with zero attached hydrogens (tertiary/aromatic N) is 1. The molecule has 0 aromatic carbocycles. The summed E-state index contributed by atoms with van der Waals surface area (Å²) in [6, 6.07) is 0. The van der Waals surface area contributed by atoms with Crippen LogP contribution in [0.4, 0.5) is 13.2 Å². The number of halogens is 4. The number of thiazole rings is 1. The summed E-state index contributed by atoms with van der Waals surface area (Å²) in [5.41, 5.74) is -0.286. The van der Waals surface area contributed by atoms with Gasteiger partial charge in [0.05, 0.1) is 5.51 Å². The number of carbonyl (C=O) groups is 1. The zero-order chi connectivity index (χ0) is 9.35. The number of hydrogen-bond acceptors (Lipinski definition) is 3. The quantitative estimate of drug-likeness (QED) is 0.674. The number of hydrogen-bond donors (Lipinski definition) is 0. The fourth-order valence-electron chi connectivity index (χ4n) is 0.588. The fraction of sp³-hybridized carbons (Fsp3) is 0.200. The molecule has 7 heteroatoms. The van der Waals surface area contributed by atoms with Crippen LogP contribution in [0.25, 0.3) is 0 Å². The smallest absolute Gasteiger partial charge is 0.275 e. The van der Waals surface area contributed by atoms with Gasteiger partial charge in [-0.1, -0.05) is 0 Å². The molecule has 66 valence electrons. The minimum absolute atomic E-state index is 0.566. The summed E-state index contributed by atoms with van der Waals surface area (Å²) < 4.78 is 35.9. The molecule has 1 aromatic rings. The van der Waals surface area contributed by atoms with Crippen molar-refractivity contribution in [1.82, 2.24) is 4.98 Å². The van der Waals surface area contributed by atoms with E-state index < -0.39 is 22.0 Å². The minimum atomic E-state index is -4.61. The molecule has 0 saturated carbocycles. The van der Waals surface area contributed by atoms with Gasteiger partial charge in [-0.2, -0.15) is 13.2 Å². The van der Waals surface area contributed by atoms with Crippen LogP contribution in [0, 0.1) is 0 Å². The molecule has 1 aromatic heterocycles. The van der Waals surface area contributed by atoms with Crippen LogP contribution in [0.1, 0.15) is 15.4 Å². The normalized spacial score (nSPS) is 11.7. The summed E-state index contributed by atoms with van der Waals surface area (Å²) in [4.78, 5) is 12.8. The van der Waals surface area contributed by atoms with Crippen LogP contribution in [0.15, 0.2) is 5.51 Å². The van der Waals surface area contributed by atoms with Crippen molar-refractivity contribution in [3.05, 3.63) is 16.1 Å². The maximum absolute atomic E-state index is 12.0. The molecule has 1 rings (SSSR count). The van der Waals surface area contributed by atoms with Crippen LogP contribution in [0.2, 0.25) is 0 Å². The van der Waals surface area contributed by atoms with Crippen molar-refractivity contribution in [3.8, 4) is 0 Å². The van der Waals surface area contributed by atoms with Crippen LogP contribution in [-0.4, -0.2) is 10.2 Å². The van der Waals surface area contributed by atoms with Gasteiger partial charge < -0.3 is 0 Å². The summed E-state index contributed by atoms with van der Waals surface area (Å²) in [5, 5.41) is -1.13. The minimum Gasteiger partial charge on any atom is -0.275 e. The van der Waals surface area contributed by atoms with Crippen LogP contribution < -0.4 is 0 Å². The molecule has 0 aliphatic heterocycles. The van der Waals surface area contributed by atoms with E-state index in [0.29, 0.717) is 11.3 Å². The predicted molar refractivity (Wildman–Crippen MR) is 37.3 cm³/mol.